The van der Waals surface area contributed by atoms with Crippen LogP contribution in [0.2, 0.25) is 0 Å². The normalized spacial score (nSPS) is 11.1. The number of hydrogen-bond donors (Lipinski definition) is 0. The van der Waals surface area contributed by atoms with Crippen molar-refractivity contribution in [2.45, 2.75) is 0 Å². The highest BCUT2D eigenvalue weighted by molar-refractivity contribution is 7.48. The van der Waals surface area contributed by atoms with E-state index in [1.165, 1.54) is 21.3 Å². The van der Waals surface area contributed by atoms with Gasteiger partial charge in [-0.05, 0) is 0 Å². The topological polar surface area (TPSA) is 71.1 Å². The largest absolute Gasteiger partial charge is 0.474 e. The number of hydrogen-bond acceptors (Lipinski definition) is 6. The summed E-state index contributed by atoms with van der Waals surface area (Å²) in [7, 11) is -0.00212. The predicted molar refractivity (Wildman–Crippen MR) is 48.7 cm³/mol. The van der Waals surface area contributed by atoms with Gasteiger partial charge in [0.1, 0.15) is 0 Å². The van der Waals surface area contributed by atoms with E-state index in [0.717, 1.165) is 0 Å². The standard InChI is InChI=1S/C7H13O6P/c1-6(7(8)10-2)5-13-14(9,11-3)12-4/h1,5H2,2-4H3. The van der Waals surface area contributed by atoms with E-state index >= 15 is 0 Å². The van der Waals surface area contributed by atoms with E-state index in [1.54, 1.807) is 0 Å². The minimum Gasteiger partial charge on any atom is -0.466 e. The molecule has 0 unspecified atom stereocenters. The predicted octanol–water partition coefficient (Wildman–Crippen LogP) is 1.13. The molecule has 0 aromatic carbocycles. The van der Waals surface area contributed by atoms with Gasteiger partial charge in [0.2, 0.25) is 0 Å². The second-order valence-corrected chi connectivity index (χ2v) is 4.06. The van der Waals surface area contributed by atoms with Crippen LogP contribution in [0, 0.1) is 0 Å². The van der Waals surface area contributed by atoms with Gasteiger partial charge in [0.25, 0.3) is 0 Å². The van der Waals surface area contributed by atoms with E-state index in [-0.39, 0.29) is 12.2 Å². The van der Waals surface area contributed by atoms with Crippen molar-refractivity contribution in [3.8, 4) is 0 Å². The first-order valence-corrected chi connectivity index (χ1v) is 5.07. The van der Waals surface area contributed by atoms with Crippen molar-refractivity contribution in [1.29, 1.82) is 0 Å². The highest BCUT2D eigenvalue weighted by Crippen LogP contribution is 2.47. The molecule has 0 saturated carbocycles. The highest BCUT2D eigenvalue weighted by Gasteiger charge is 2.23. The van der Waals surface area contributed by atoms with Gasteiger partial charge in [-0.25, -0.2) is 9.36 Å². The summed E-state index contributed by atoms with van der Waals surface area (Å²) in [6, 6.07) is 0. The summed E-state index contributed by atoms with van der Waals surface area (Å²) in [4.78, 5) is 10.8. The van der Waals surface area contributed by atoms with E-state index < -0.39 is 13.8 Å². The molecule has 0 aliphatic heterocycles. The fourth-order valence-corrected chi connectivity index (χ4v) is 1.21. The molecule has 14 heavy (non-hydrogen) atoms. The highest BCUT2D eigenvalue weighted by atomic mass is 31.2. The molecule has 0 fully saturated rings. The summed E-state index contributed by atoms with van der Waals surface area (Å²) in [6.45, 7) is 3.09. The fourth-order valence-electron chi connectivity index (χ4n) is 0.540. The Hall–Kier alpha value is -0.680. The van der Waals surface area contributed by atoms with Crippen LogP contribution in [0.3, 0.4) is 0 Å². The molecule has 0 N–H and O–H groups in total. The molecule has 7 heteroatoms. The molecule has 0 atom stereocenters. The molecule has 6 nitrogen and oxygen atoms in total. The Morgan fingerprint density at radius 1 is 1.29 bits per heavy atom. The Morgan fingerprint density at radius 3 is 2.14 bits per heavy atom. The van der Waals surface area contributed by atoms with Crippen molar-refractivity contribution in [2.75, 3.05) is 27.9 Å². The van der Waals surface area contributed by atoms with Crippen molar-refractivity contribution in [1.82, 2.24) is 0 Å². The molecule has 0 aromatic heterocycles. The zero-order valence-corrected chi connectivity index (χ0v) is 9.21. The first-order chi connectivity index (χ1) is 6.49. The second-order valence-electron chi connectivity index (χ2n) is 2.18. The fraction of sp³-hybridized carbons (Fsp3) is 0.571. The van der Waals surface area contributed by atoms with Crippen LogP contribution in [0.15, 0.2) is 12.2 Å². The van der Waals surface area contributed by atoms with Crippen molar-refractivity contribution in [2.24, 2.45) is 0 Å². The van der Waals surface area contributed by atoms with Crippen LogP contribution in [0.25, 0.3) is 0 Å². The van der Waals surface area contributed by atoms with E-state index in [4.69, 9.17) is 4.52 Å². The number of rotatable bonds is 6. The Balaban J connectivity index is 4.11. The molecule has 0 amide bonds. The number of esters is 1. The van der Waals surface area contributed by atoms with E-state index in [0.29, 0.717) is 0 Å². The van der Waals surface area contributed by atoms with Crippen LogP contribution >= 0.6 is 7.82 Å². The summed E-state index contributed by atoms with van der Waals surface area (Å²) in [5, 5.41) is 0. The summed E-state index contributed by atoms with van der Waals surface area (Å²) >= 11 is 0. The van der Waals surface area contributed by atoms with Crippen LogP contribution in [0.4, 0.5) is 0 Å². The van der Waals surface area contributed by atoms with E-state index in [2.05, 4.69) is 20.4 Å². The molecule has 0 spiro atoms. The van der Waals surface area contributed by atoms with Crippen LogP contribution in [-0.2, 0) is 27.7 Å². The van der Waals surface area contributed by atoms with Crippen LogP contribution in [-0.4, -0.2) is 33.9 Å². The quantitative estimate of drug-likeness (QED) is 0.382. The average molecular weight is 224 g/mol. The average Bonchev–Trinajstić information content (AvgIpc) is 2.24. The Morgan fingerprint density at radius 2 is 1.79 bits per heavy atom. The van der Waals surface area contributed by atoms with Crippen molar-refractivity contribution in [3.63, 3.8) is 0 Å². The molecule has 0 aliphatic carbocycles. The van der Waals surface area contributed by atoms with Gasteiger partial charge in [-0.15, -0.1) is 0 Å². The van der Waals surface area contributed by atoms with E-state index in [1.807, 2.05) is 0 Å². The van der Waals surface area contributed by atoms with Crippen molar-refractivity contribution < 1.29 is 27.7 Å². The molecule has 0 bridgehead atoms. The molecule has 0 saturated heterocycles. The lowest BCUT2D eigenvalue weighted by molar-refractivity contribution is -0.136. The molecule has 0 aromatic rings. The van der Waals surface area contributed by atoms with Gasteiger partial charge in [-0.3, -0.25) is 13.6 Å². The van der Waals surface area contributed by atoms with Crippen molar-refractivity contribution >= 4 is 13.8 Å². The van der Waals surface area contributed by atoms with Gasteiger partial charge in [0, 0.05) is 14.2 Å². The maximum atomic E-state index is 11.3. The summed E-state index contributed by atoms with van der Waals surface area (Å²) in [6.07, 6.45) is 0. The maximum absolute atomic E-state index is 11.3. The van der Waals surface area contributed by atoms with Gasteiger partial charge in [0.05, 0.1) is 19.3 Å². The third kappa shape index (κ3) is 4.02. The van der Waals surface area contributed by atoms with Crippen LogP contribution in [0.5, 0.6) is 0 Å². The first kappa shape index (κ1) is 13.3. The lowest BCUT2D eigenvalue weighted by Gasteiger charge is -2.13. The van der Waals surface area contributed by atoms with Gasteiger partial charge >= 0.3 is 13.8 Å². The number of ether oxygens (including phenoxy) is 1. The Bertz CT molecular complexity index is 253. The summed E-state index contributed by atoms with van der Waals surface area (Å²) < 4.78 is 29.3. The number of phosphoric ester groups is 1. The Kier molecular flexibility index (Phi) is 5.64. The Labute approximate surface area is 82.4 Å². The molecule has 0 radical (unpaired) electrons. The number of phosphoric acid groups is 1. The zero-order valence-electron chi connectivity index (χ0n) is 8.31. The van der Waals surface area contributed by atoms with Gasteiger partial charge < -0.3 is 4.74 Å². The first-order valence-electron chi connectivity index (χ1n) is 3.61. The summed E-state index contributed by atoms with van der Waals surface area (Å²) in [5.74, 6) is -0.635. The molecule has 0 aliphatic rings. The number of carbonyl (C=O) groups is 1. The van der Waals surface area contributed by atoms with Gasteiger partial charge in [-0.1, -0.05) is 6.58 Å². The lowest BCUT2D eigenvalue weighted by atomic mass is 10.3. The molecule has 82 valence electrons. The van der Waals surface area contributed by atoms with Crippen LogP contribution < -0.4 is 0 Å². The smallest absolute Gasteiger partial charge is 0.466 e. The zero-order chi connectivity index (χ0) is 11.2. The number of carbonyl (C=O) groups excluding carboxylic acids is 1. The SMILES string of the molecule is C=C(COP(=O)(OC)OC)C(=O)OC. The van der Waals surface area contributed by atoms with E-state index in [9.17, 15) is 9.36 Å². The molecular weight excluding hydrogens is 211 g/mol. The minimum atomic E-state index is -3.55. The van der Waals surface area contributed by atoms with Gasteiger partial charge in [0.15, 0.2) is 0 Å². The molecule has 0 heterocycles. The third-order valence-corrected chi connectivity index (χ3v) is 2.66. The monoisotopic (exact) mass is 224 g/mol. The molecular formula is C7H13O6P. The lowest BCUT2D eigenvalue weighted by Crippen LogP contribution is -2.09. The van der Waals surface area contributed by atoms with Crippen molar-refractivity contribution in [3.05, 3.63) is 12.2 Å². The molecule has 0 rings (SSSR count). The van der Waals surface area contributed by atoms with Gasteiger partial charge in [-0.2, -0.15) is 0 Å². The minimum absolute atomic E-state index is 0.0295. The summed E-state index contributed by atoms with van der Waals surface area (Å²) in [5.41, 5.74) is 0.0295. The third-order valence-electron chi connectivity index (χ3n) is 1.32. The number of methoxy groups -OCH3 is 1. The maximum Gasteiger partial charge on any atom is 0.474 e. The van der Waals surface area contributed by atoms with Crippen LogP contribution in [0.1, 0.15) is 0 Å². The second kappa shape index (κ2) is 5.93.